The highest BCUT2D eigenvalue weighted by atomic mass is 16.5. The number of rotatable bonds is 4. The van der Waals surface area contributed by atoms with Crippen LogP contribution in [-0.4, -0.2) is 7.11 Å². The number of methoxy groups -OCH3 is 1. The molecule has 0 bridgehead atoms. The number of nitrogens with two attached hydrogens (primary N) is 1. The summed E-state index contributed by atoms with van der Waals surface area (Å²) in [6, 6.07) is 18.1. The van der Waals surface area contributed by atoms with E-state index in [1.807, 2.05) is 42.5 Å². The van der Waals surface area contributed by atoms with E-state index in [0.29, 0.717) is 0 Å². The van der Waals surface area contributed by atoms with Crippen LogP contribution in [0, 0.1) is 0 Å². The lowest BCUT2D eigenvalue weighted by molar-refractivity contribution is 0.415. The van der Waals surface area contributed by atoms with Crippen LogP contribution in [0.1, 0.15) is 18.5 Å². The predicted molar refractivity (Wildman–Crippen MR) is 74.5 cm³/mol. The van der Waals surface area contributed by atoms with Crippen molar-refractivity contribution >= 4 is 5.69 Å². The van der Waals surface area contributed by atoms with E-state index in [-0.39, 0.29) is 6.04 Å². The highest BCUT2D eigenvalue weighted by Gasteiger charge is 2.12. The van der Waals surface area contributed by atoms with Crippen LogP contribution in [0.4, 0.5) is 5.69 Å². The topological polar surface area (TPSA) is 38.5 Å². The first-order valence-electron chi connectivity index (χ1n) is 5.95. The SMILES string of the molecule is COc1ccc(N(N)C(C)c2ccccc2)cc1. The summed E-state index contributed by atoms with van der Waals surface area (Å²) in [5.74, 6) is 6.99. The molecule has 0 saturated carbocycles. The van der Waals surface area contributed by atoms with E-state index in [4.69, 9.17) is 10.6 Å². The molecule has 0 aliphatic heterocycles. The molecule has 0 radical (unpaired) electrons. The Hall–Kier alpha value is -2.00. The molecule has 2 rings (SSSR count). The van der Waals surface area contributed by atoms with Gasteiger partial charge in [-0.05, 0) is 36.8 Å². The summed E-state index contributed by atoms with van der Waals surface area (Å²) in [5, 5.41) is 1.76. The Morgan fingerprint density at radius 3 is 2.17 bits per heavy atom. The molecular weight excluding hydrogens is 224 g/mol. The van der Waals surface area contributed by atoms with Crippen molar-refractivity contribution < 1.29 is 4.74 Å². The molecule has 1 unspecified atom stereocenters. The quantitative estimate of drug-likeness (QED) is 0.661. The van der Waals surface area contributed by atoms with Crippen LogP contribution < -0.4 is 15.6 Å². The average Bonchev–Trinajstić information content (AvgIpc) is 2.47. The van der Waals surface area contributed by atoms with Gasteiger partial charge in [0.25, 0.3) is 0 Å². The maximum Gasteiger partial charge on any atom is 0.119 e. The Morgan fingerprint density at radius 2 is 1.61 bits per heavy atom. The average molecular weight is 242 g/mol. The minimum Gasteiger partial charge on any atom is -0.497 e. The van der Waals surface area contributed by atoms with E-state index in [1.165, 1.54) is 5.56 Å². The third kappa shape index (κ3) is 2.63. The van der Waals surface area contributed by atoms with Gasteiger partial charge >= 0.3 is 0 Å². The molecule has 3 heteroatoms. The molecule has 18 heavy (non-hydrogen) atoms. The smallest absolute Gasteiger partial charge is 0.119 e. The highest BCUT2D eigenvalue weighted by molar-refractivity contribution is 5.49. The highest BCUT2D eigenvalue weighted by Crippen LogP contribution is 2.25. The lowest BCUT2D eigenvalue weighted by Crippen LogP contribution is -2.33. The van der Waals surface area contributed by atoms with Crippen LogP contribution in [-0.2, 0) is 0 Å². The zero-order valence-corrected chi connectivity index (χ0v) is 10.7. The van der Waals surface area contributed by atoms with Gasteiger partial charge in [-0.25, -0.2) is 5.84 Å². The van der Waals surface area contributed by atoms with Crippen molar-refractivity contribution in [2.45, 2.75) is 13.0 Å². The van der Waals surface area contributed by atoms with Crippen LogP contribution in [0.3, 0.4) is 0 Å². The van der Waals surface area contributed by atoms with Crippen molar-refractivity contribution in [1.29, 1.82) is 0 Å². The number of nitrogens with zero attached hydrogens (tertiary/aromatic N) is 1. The second kappa shape index (κ2) is 5.56. The first kappa shape index (κ1) is 12.5. The number of ether oxygens (including phenoxy) is 1. The Kier molecular flexibility index (Phi) is 3.85. The van der Waals surface area contributed by atoms with E-state index >= 15 is 0 Å². The Bertz CT molecular complexity index is 482. The molecule has 2 aromatic rings. The number of hydrogen-bond acceptors (Lipinski definition) is 3. The summed E-state index contributed by atoms with van der Waals surface area (Å²) >= 11 is 0. The molecule has 94 valence electrons. The van der Waals surface area contributed by atoms with E-state index in [1.54, 1.807) is 12.1 Å². The van der Waals surface area contributed by atoms with E-state index in [9.17, 15) is 0 Å². The molecule has 1 atom stereocenters. The Morgan fingerprint density at radius 1 is 1.00 bits per heavy atom. The summed E-state index contributed by atoms with van der Waals surface area (Å²) < 4.78 is 5.13. The van der Waals surface area contributed by atoms with Crippen molar-refractivity contribution in [2.24, 2.45) is 5.84 Å². The number of hydrogen-bond donors (Lipinski definition) is 1. The van der Waals surface area contributed by atoms with Crippen molar-refractivity contribution in [3.63, 3.8) is 0 Å². The standard InChI is InChI=1S/C15H18N2O/c1-12(13-6-4-3-5-7-13)17(16)14-8-10-15(18-2)11-9-14/h3-12H,16H2,1-2H3. The van der Waals surface area contributed by atoms with Crippen molar-refractivity contribution in [3.8, 4) is 5.75 Å². The molecule has 0 aromatic heterocycles. The molecule has 0 fully saturated rings. The van der Waals surface area contributed by atoms with Gasteiger partial charge in [-0.2, -0.15) is 0 Å². The fourth-order valence-corrected chi connectivity index (χ4v) is 1.87. The summed E-state index contributed by atoms with van der Waals surface area (Å²) in [7, 11) is 1.65. The van der Waals surface area contributed by atoms with Gasteiger partial charge in [0.2, 0.25) is 0 Å². The monoisotopic (exact) mass is 242 g/mol. The number of benzene rings is 2. The molecule has 3 nitrogen and oxygen atoms in total. The third-order valence-electron chi connectivity index (χ3n) is 3.07. The molecule has 0 heterocycles. The normalized spacial score (nSPS) is 11.9. The van der Waals surface area contributed by atoms with E-state index < -0.39 is 0 Å². The van der Waals surface area contributed by atoms with Gasteiger partial charge in [-0.3, -0.25) is 0 Å². The van der Waals surface area contributed by atoms with Gasteiger partial charge in [-0.1, -0.05) is 30.3 Å². The molecule has 2 N–H and O–H groups in total. The van der Waals surface area contributed by atoms with Crippen LogP contribution >= 0.6 is 0 Å². The van der Waals surface area contributed by atoms with Gasteiger partial charge in [0.1, 0.15) is 5.75 Å². The minimum absolute atomic E-state index is 0.125. The summed E-state index contributed by atoms with van der Waals surface area (Å²) in [4.78, 5) is 0. The lowest BCUT2D eigenvalue weighted by Gasteiger charge is -2.26. The largest absolute Gasteiger partial charge is 0.497 e. The predicted octanol–water partition coefficient (Wildman–Crippen LogP) is 3.14. The Labute approximate surface area is 108 Å². The maximum atomic E-state index is 6.15. The fraction of sp³-hybridized carbons (Fsp3) is 0.200. The lowest BCUT2D eigenvalue weighted by atomic mass is 10.1. The molecule has 0 aliphatic rings. The van der Waals surface area contributed by atoms with Gasteiger partial charge < -0.3 is 9.75 Å². The van der Waals surface area contributed by atoms with Gasteiger partial charge in [-0.15, -0.1) is 0 Å². The zero-order valence-electron chi connectivity index (χ0n) is 10.7. The summed E-state index contributed by atoms with van der Waals surface area (Å²) in [6.07, 6.45) is 0. The molecule has 0 saturated heterocycles. The maximum absolute atomic E-state index is 6.15. The van der Waals surface area contributed by atoms with Gasteiger partial charge in [0.15, 0.2) is 0 Å². The second-order valence-electron chi connectivity index (χ2n) is 4.19. The minimum atomic E-state index is 0.125. The van der Waals surface area contributed by atoms with Gasteiger partial charge in [0.05, 0.1) is 18.8 Å². The molecule has 0 amide bonds. The Balaban J connectivity index is 2.17. The van der Waals surface area contributed by atoms with E-state index in [0.717, 1.165) is 11.4 Å². The van der Waals surface area contributed by atoms with Crippen LogP contribution in [0.25, 0.3) is 0 Å². The molecule has 2 aromatic carbocycles. The van der Waals surface area contributed by atoms with Crippen molar-refractivity contribution in [2.75, 3.05) is 12.1 Å². The summed E-state index contributed by atoms with van der Waals surface area (Å²) in [6.45, 7) is 2.08. The molecular formula is C15H18N2O. The first-order valence-corrected chi connectivity index (χ1v) is 5.95. The molecule has 0 spiro atoms. The van der Waals surface area contributed by atoms with Crippen LogP contribution in [0.2, 0.25) is 0 Å². The van der Waals surface area contributed by atoms with Crippen LogP contribution in [0.5, 0.6) is 5.75 Å². The number of hydrazine groups is 1. The zero-order chi connectivity index (χ0) is 13.0. The second-order valence-corrected chi connectivity index (χ2v) is 4.19. The van der Waals surface area contributed by atoms with Gasteiger partial charge in [0, 0.05) is 0 Å². The van der Waals surface area contributed by atoms with Crippen LogP contribution in [0.15, 0.2) is 54.6 Å². The van der Waals surface area contributed by atoms with E-state index in [2.05, 4.69) is 19.1 Å². The fourth-order valence-electron chi connectivity index (χ4n) is 1.87. The molecule has 0 aliphatic carbocycles. The first-order chi connectivity index (χ1) is 8.72. The summed E-state index contributed by atoms with van der Waals surface area (Å²) in [5.41, 5.74) is 2.16. The number of anilines is 1. The third-order valence-corrected chi connectivity index (χ3v) is 3.07. The van der Waals surface area contributed by atoms with Crippen molar-refractivity contribution in [1.82, 2.24) is 0 Å². The van der Waals surface area contributed by atoms with Crippen molar-refractivity contribution in [3.05, 3.63) is 60.2 Å².